The van der Waals surface area contributed by atoms with E-state index in [1.807, 2.05) is 12.1 Å². The molecule has 2 atom stereocenters. The summed E-state index contributed by atoms with van der Waals surface area (Å²) < 4.78 is 0. The number of nitrogens with zero attached hydrogens (tertiary/aromatic N) is 1. The number of rotatable bonds is 5. The fourth-order valence-electron chi connectivity index (χ4n) is 3.59. The van der Waals surface area contributed by atoms with Crippen LogP contribution < -0.4 is 0 Å². The Morgan fingerprint density at radius 3 is 2.54 bits per heavy atom. The third-order valence-corrected chi connectivity index (χ3v) is 5.57. The second kappa shape index (κ2) is 7.41. The Balaban J connectivity index is 2.06. The lowest BCUT2D eigenvalue weighted by atomic mass is 9.93. The maximum atomic E-state index is 11.7. The van der Waals surface area contributed by atoms with Crippen molar-refractivity contribution in [2.45, 2.75) is 36.7 Å². The maximum Gasteiger partial charge on any atom is 0.320 e. The fourth-order valence-corrected chi connectivity index (χ4v) is 4.00. The van der Waals surface area contributed by atoms with Gasteiger partial charge in [0.15, 0.2) is 0 Å². The molecule has 4 heteroatoms. The first-order chi connectivity index (χ1) is 11.6. The van der Waals surface area contributed by atoms with Crippen molar-refractivity contribution < 1.29 is 9.90 Å². The summed E-state index contributed by atoms with van der Waals surface area (Å²) in [6.07, 6.45) is 3.72. The van der Waals surface area contributed by atoms with Crippen molar-refractivity contribution in [3.05, 3.63) is 65.2 Å². The molecule has 1 aliphatic heterocycles. The van der Waals surface area contributed by atoms with Gasteiger partial charge in [-0.1, -0.05) is 36.4 Å². The molecule has 3 nitrogen and oxygen atoms in total. The molecule has 1 aliphatic rings. The highest BCUT2D eigenvalue weighted by Gasteiger charge is 2.37. The maximum absolute atomic E-state index is 11.7. The molecule has 0 amide bonds. The lowest BCUT2D eigenvalue weighted by molar-refractivity contribution is -0.142. The highest BCUT2D eigenvalue weighted by molar-refractivity contribution is 7.98. The van der Waals surface area contributed by atoms with E-state index in [2.05, 4.69) is 54.5 Å². The van der Waals surface area contributed by atoms with Gasteiger partial charge in [-0.2, -0.15) is 0 Å². The van der Waals surface area contributed by atoms with Crippen molar-refractivity contribution in [1.82, 2.24) is 4.90 Å². The third-order valence-electron chi connectivity index (χ3n) is 4.83. The van der Waals surface area contributed by atoms with E-state index < -0.39 is 12.0 Å². The summed E-state index contributed by atoms with van der Waals surface area (Å²) >= 11 is 1.72. The van der Waals surface area contributed by atoms with Gasteiger partial charge >= 0.3 is 5.97 Å². The van der Waals surface area contributed by atoms with Gasteiger partial charge in [0.1, 0.15) is 6.04 Å². The normalized spacial score (nSPS) is 19.3. The van der Waals surface area contributed by atoms with E-state index in [4.69, 9.17) is 0 Å². The summed E-state index contributed by atoms with van der Waals surface area (Å²) in [6.45, 7) is 2.92. The molecule has 0 spiro atoms. The summed E-state index contributed by atoms with van der Waals surface area (Å²) in [4.78, 5) is 15.1. The predicted octanol–water partition coefficient (Wildman–Crippen LogP) is 4.36. The van der Waals surface area contributed by atoms with Crippen LogP contribution in [-0.4, -0.2) is 34.8 Å². The van der Waals surface area contributed by atoms with Gasteiger partial charge in [0.05, 0.1) is 6.04 Å². The molecule has 1 heterocycles. The monoisotopic (exact) mass is 341 g/mol. The molecule has 0 bridgehead atoms. The molecule has 24 heavy (non-hydrogen) atoms. The van der Waals surface area contributed by atoms with Crippen LogP contribution in [0.5, 0.6) is 0 Å². The van der Waals surface area contributed by atoms with Gasteiger partial charge in [-0.15, -0.1) is 11.8 Å². The minimum absolute atomic E-state index is 0.00861. The average molecular weight is 341 g/mol. The van der Waals surface area contributed by atoms with Crippen molar-refractivity contribution in [1.29, 1.82) is 0 Å². The van der Waals surface area contributed by atoms with E-state index in [9.17, 15) is 9.90 Å². The Kier molecular flexibility index (Phi) is 5.27. The lowest BCUT2D eigenvalue weighted by Crippen LogP contribution is -2.39. The molecule has 126 valence electrons. The van der Waals surface area contributed by atoms with Crippen LogP contribution in [0.4, 0.5) is 0 Å². The fraction of sp³-hybridized carbons (Fsp3) is 0.350. The van der Waals surface area contributed by atoms with Crippen molar-refractivity contribution >= 4 is 17.7 Å². The van der Waals surface area contributed by atoms with Gasteiger partial charge < -0.3 is 5.11 Å². The van der Waals surface area contributed by atoms with E-state index >= 15 is 0 Å². The highest BCUT2D eigenvalue weighted by atomic mass is 32.2. The Labute approximate surface area is 147 Å². The zero-order chi connectivity index (χ0) is 17.1. The predicted molar refractivity (Wildman–Crippen MR) is 98.6 cm³/mol. The molecule has 3 rings (SSSR count). The number of benzene rings is 2. The first-order valence-corrected chi connectivity index (χ1v) is 9.52. The minimum Gasteiger partial charge on any atom is -0.480 e. The minimum atomic E-state index is -0.716. The molecule has 0 aromatic heterocycles. The van der Waals surface area contributed by atoms with Gasteiger partial charge in [-0.05, 0) is 54.8 Å². The largest absolute Gasteiger partial charge is 0.480 e. The van der Waals surface area contributed by atoms with Gasteiger partial charge in [0.25, 0.3) is 0 Å². The molecular weight excluding hydrogens is 318 g/mol. The standard InChI is InChI=1S/C20H23NO2S/c1-14-6-3-4-7-17(14)19(15-9-11-16(24-2)12-10-15)21-13-5-8-18(21)20(22)23/h3-4,6-7,9-12,18-19H,5,8,13H2,1-2H3,(H,22,23). The summed E-state index contributed by atoms with van der Waals surface area (Å²) in [7, 11) is 0. The van der Waals surface area contributed by atoms with E-state index in [0.717, 1.165) is 24.9 Å². The van der Waals surface area contributed by atoms with Crippen LogP contribution >= 0.6 is 11.8 Å². The van der Waals surface area contributed by atoms with Gasteiger partial charge in [0.2, 0.25) is 0 Å². The molecule has 0 aliphatic carbocycles. The quantitative estimate of drug-likeness (QED) is 0.821. The Morgan fingerprint density at radius 2 is 1.92 bits per heavy atom. The summed E-state index contributed by atoms with van der Waals surface area (Å²) in [5.74, 6) is -0.716. The first-order valence-electron chi connectivity index (χ1n) is 8.30. The van der Waals surface area contributed by atoms with E-state index in [1.165, 1.54) is 16.0 Å². The average Bonchev–Trinajstić information content (AvgIpc) is 3.07. The molecule has 1 saturated heterocycles. The Bertz CT molecular complexity index is 714. The number of carboxylic acids is 1. The zero-order valence-corrected chi connectivity index (χ0v) is 14.9. The lowest BCUT2D eigenvalue weighted by Gasteiger charge is -2.33. The number of aryl methyl sites for hydroxylation is 1. The molecule has 1 N–H and O–H groups in total. The number of thioether (sulfide) groups is 1. The second-order valence-electron chi connectivity index (χ2n) is 6.27. The van der Waals surface area contributed by atoms with Crippen LogP contribution in [0.3, 0.4) is 0 Å². The molecule has 2 aromatic carbocycles. The van der Waals surface area contributed by atoms with E-state index in [-0.39, 0.29) is 6.04 Å². The third kappa shape index (κ3) is 3.35. The molecule has 0 radical (unpaired) electrons. The summed E-state index contributed by atoms with van der Waals surface area (Å²) in [5, 5.41) is 9.63. The van der Waals surface area contributed by atoms with Crippen LogP contribution in [-0.2, 0) is 4.79 Å². The number of hydrogen-bond donors (Lipinski definition) is 1. The van der Waals surface area contributed by atoms with Crippen LogP contribution in [0, 0.1) is 6.92 Å². The zero-order valence-electron chi connectivity index (χ0n) is 14.1. The highest BCUT2D eigenvalue weighted by Crippen LogP contribution is 2.36. The molecule has 2 unspecified atom stereocenters. The molecule has 2 aromatic rings. The first kappa shape index (κ1) is 17.1. The van der Waals surface area contributed by atoms with Crippen LogP contribution in [0.25, 0.3) is 0 Å². The SMILES string of the molecule is CSc1ccc(C(c2ccccc2C)N2CCCC2C(=O)O)cc1. The Morgan fingerprint density at radius 1 is 1.21 bits per heavy atom. The number of hydrogen-bond acceptors (Lipinski definition) is 3. The molecular formula is C20H23NO2S. The summed E-state index contributed by atoms with van der Waals surface area (Å²) in [5.41, 5.74) is 3.56. The smallest absolute Gasteiger partial charge is 0.320 e. The van der Waals surface area contributed by atoms with Gasteiger partial charge in [-0.3, -0.25) is 9.69 Å². The van der Waals surface area contributed by atoms with E-state index in [0.29, 0.717) is 0 Å². The number of likely N-dealkylation sites (tertiary alicyclic amines) is 1. The van der Waals surface area contributed by atoms with Gasteiger partial charge in [-0.25, -0.2) is 0 Å². The van der Waals surface area contributed by atoms with Crippen molar-refractivity contribution in [2.24, 2.45) is 0 Å². The van der Waals surface area contributed by atoms with Crippen molar-refractivity contribution in [2.75, 3.05) is 12.8 Å². The topological polar surface area (TPSA) is 40.5 Å². The van der Waals surface area contributed by atoms with Gasteiger partial charge in [0, 0.05) is 11.4 Å². The number of carbonyl (C=O) groups is 1. The Hall–Kier alpha value is -1.78. The van der Waals surface area contributed by atoms with Crippen LogP contribution in [0.2, 0.25) is 0 Å². The molecule has 1 fully saturated rings. The number of aliphatic carboxylic acids is 1. The second-order valence-corrected chi connectivity index (χ2v) is 7.15. The summed E-state index contributed by atoms with van der Waals surface area (Å²) in [6, 6.07) is 16.4. The molecule has 0 saturated carbocycles. The van der Waals surface area contributed by atoms with Crippen molar-refractivity contribution in [3.63, 3.8) is 0 Å². The van der Waals surface area contributed by atoms with Crippen LogP contribution in [0.1, 0.15) is 35.6 Å². The number of carboxylic acid groups (broad SMARTS) is 1. The van der Waals surface area contributed by atoms with Crippen molar-refractivity contribution in [3.8, 4) is 0 Å². The van der Waals surface area contributed by atoms with E-state index in [1.54, 1.807) is 11.8 Å². The van der Waals surface area contributed by atoms with Crippen LogP contribution in [0.15, 0.2) is 53.4 Å².